The fourth-order valence-corrected chi connectivity index (χ4v) is 1.25. The third-order valence-electron chi connectivity index (χ3n) is 2.06. The van der Waals surface area contributed by atoms with Crippen molar-refractivity contribution in [2.24, 2.45) is 7.05 Å². The summed E-state index contributed by atoms with van der Waals surface area (Å²) in [6.45, 7) is 0. The van der Waals surface area contributed by atoms with Crippen LogP contribution in [0.3, 0.4) is 0 Å². The van der Waals surface area contributed by atoms with Crippen LogP contribution in [0.5, 0.6) is 0 Å². The Kier molecular flexibility index (Phi) is 2.42. The first kappa shape index (κ1) is 9.72. The molecule has 2 aromatic rings. The Morgan fingerprint density at radius 3 is 2.73 bits per heavy atom. The number of rotatable bonds is 2. The number of nitrogens with zero attached hydrogens (tertiary/aromatic N) is 4. The molecular formula is C9H9FN4O. The largest absolute Gasteiger partial charge is 0.380 e. The van der Waals surface area contributed by atoms with Crippen molar-refractivity contribution < 1.29 is 9.50 Å². The van der Waals surface area contributed by atoms with Gasteiger partial charge in [0.05, 0.1) is 23.8 Å². The van der Waals surface area contributed by atoms with E-state index in [1.54, 1.807) is 7.05 Å². The first-order valence-corrected chi connectivity index (χ1v) is 4.32. The first-order valence-electron chi connectivity index (χ1n) is 4.32. The highest BCUT2D eigenvalue weighted by Crippen LogP contribution is 2.17. The zero-order chi connectivity index (χ0) is 10.8. The van der Waals surface area contributed by atoms with Crippen LogP contribution in [0.2, 0.25) is 0 Å². The molecule has 1 N–H and O–H groups in total. The summed E-state index contributed by atoms with van der Waals surface area (Å²) in [5.41, 5.74) is 0.871. The van der Waals surface area contributed by atoms with Crippen LogP contribution in [0.4, 0.5) is 4.39 Å². The lowest BCUT2D eigenvalue weighted by Crippen LogP contribution is -2.08. The van der Waals surface area contributed by atoms with Crippen LogP contribution < -0.4 is 0 Å². The Labute approximate surface area is 85.2 Å². The molecule has 5 nitrogen and oxygen atoms in total. The Balaban J connectivity index is 2.32. The third kappa shape index (κ3) is 1.84. The molecule has 0 saturated heterocycles. The molecule has 78 valence electrons. The molecule has 2 rings (SSSR count). The second-order valence-electron chi connectivity index (χ2n) is 3.09. The maximum Gasteiger partial charge on any atom is 0.141 e. The molecule has 15 heavy (non-hydrogen) atoms. The number of aromatic nitrogens is 4. The molecule has 1 atom stereocenters. The second kappa shape index (κ2) is 3.74. The van der Waals surface area contributed by atoms with Crippen LogP contribution in [0.1, 0.15) is 17.5 Å². The van der Waals surface area contributed by atoms with E-state index in [0.717, 1.165) is 6.20 Å². The number of hydrogen-bond acceptors (Lipinski definition) is 4. The molecule has 0 radical (unpaired) electrons. The molecule has 0 amide bonds. The number of aliphatic hydroxyl groups excluding tert-OH is 1. The SMILES string of the molecule is Cn1nncc1C(O)c1ccc(F)cn1. The van der Waals surface area contributed by atoms with Crippen LogP contribution in [-0.2, 0) is 7.05 Å². The van der Waals surface area contributed by atoms with Crippen molar-refractivity contribution in [3.63, 3.8) is 0 Å². The third-order valence-corrected chi connectivity index (χ3v) is 2.06. The second-order valence-corrected chi connectivity index (χ2v) is 3.09. The highest BCUT2D eigenvalue weighted by Gasteiger charge is 2.15. The van der Waals surface area contributed by atoms with Crippen LogP contribution >= 0.6 is 0 Å². The fraction of sp³-hybridized carbons (Fsp3) is 0.222. The summed E-state index contributed by atoms with van der Waals surface area (Å²) in [6, 6.07) is 2.67. The van der Waals surface area contributed by atoms with E-state index in [-0.39, 0.29) is 0 Å². The summed E-state index contributed by atoms with van der Waals surface area (Å²) in [6.07, 6.45) is 1.56. The van der Waals surface area contributed by atoms with E-state index in [1.807, 2.05) is 0 Å². The van der Waals surface area contributed by atoms with Gasteiger partial charge in [0.25, 0.3) is 0 Å². The first-order chi connectivity index (χ1) is 7.18. The maximum atomic E-state index is 12.6. The van der Waals surface area contributed by atoms with Gasteiger partial charge in [-0.25, -0.2) is 9.07 Å². The average molecular weight is 208 g/mol. The van der Waals surface area contributed by atoms with Crippen LogP contribution in [0, 0.1) is 5.82 Å². The van der Waals surface area contributed by atoms with Gasteiger partial charge in [0.1, 0.15) is 11.9 Å². The number of pyridine rings is 1. The van der Waals surface area contributed by atoms with Crippen molar-refractivity contribution >= 4 is 0 Å². The molecule has 0 aliphatic heterocycles. The normalized spacial score (nSPS) is 12.7. The van der Waals surface area contributed by atoms with Crippen molar-refractivity contribution in [2.45, 2.75) is 6.10 Å². The lowest BCUT2D eigenvalue weighted by molar-refractivity contribution is 0.204. The van der Waals surface area contributed by atoms with E-state index in [9.17, 15) is 9.50 Å². The van der Waals surface area contributed by atoms with E-state index in [0.29, 0.717) is 11.4 Å². The summed E-state index contributed by atoms with van der Waals surface area (Å²) >= 11 is 0. The molecule has 0 saturated carbocycles. The topological polar surface area (TPSA) is 63.8 Å². The van der Waals surface area contributed by atoms with Gasteiger partial charge in [-0.1, -0.05) is 5.21 Å². The minimum absolute atomic E-state index is 0.363. The Morgan fingerprint density at radius 2 is 2.20 bits per heavy atom. The zero-order valence-electron chi connectivity index (χ0n) is 8.00. The van der Waals surface area contributed by atoms with Crippen LogP contribution in [0.25, 0.3) is 0 Å². The average Bonchev–Trinajstić information content (AvgIpc) is 2.65. The number of aryl methyl sites for hydroxylation is 1. The predicted octanol–water partition coefficient (Wildman–Crippen LogP) is 0.431. The summed E-state index contributed by atoms with van der Waals surface area (Å²) in [7, 11) is 1.66. The van der Waals surface area contributed by atoms with E-state index >= 15 is 0 Å². The van der Waals surface area contributed by atoms with Crippen molar-refractivity contribution in [2.75, 3.05) is 0 Å². The summed E-state index contributed by atoms with van der Waals surface area (Å²) in [5.74, 6) is -0.436. The monoisotopic (exact) mass is 208 g/mol. The molecule has 0 spiro atoms. The van der Waals surface area contributed by atoms with E-state index in [2.05, 4.69) is 15.3 Å². The fourth-order valence-electron chi connectivity index (χ4n) is 1.25. The van der Waals surface area contributed by atoms with Crippen molar-refractivity contribution in [1.29, 1.82) is 0 Å². The number of aliphatic hydroxyl groups is 1. The van der Waals surface area contributed by atoms with Gasteiger partial charge >= 0.3 is 0 Å². The predicted molar refractivity (Wildman–Crippen MR) is 49.3 cm³/mol. The molecule has 2 aromatic heterocycles. The molecule has 6 heteroatoms. The van der Waals surface area contributed by atoms with Crippen LogP contribution in [0.15, 0.2) is 24.5 Å². The highest BCUT2D eigenvalue weighted by molar-refractivity contribution is 5.17. The molecule has 1 unspecified atom stereocenters. The highest BCUT2D eigenvalue weighted by atomic mass is 19.1. The molecular weight excluding hydrogens is 199 g/mol. The summed E-state index contributed by atoms with van der Waals surface area (Å²) < 4.78 is 14.0. The van der Waals surface area contributed by atoms with Gasteiger partial charge in [0.15, 0.2) is 0 Å². The van der Waals surface area contributed by atoms with E-state index in [1.165, 1.54) is 23.0 Å². The molecule has 0 bridgehead atoms. The summed E-state index contributed by atoms with van der Waals surface area (Å²) in [4.78, 5) is 3.78. The van der Waals surface area contributed by atoms with Gasteiger partial charge in [-0.3, -0.25) is 4.98 Å². The van der Waals surface area contributed by atoms with E-state index < -0.39 is 11.9 Å². The van der Waals surface area contributed by atoms with Gasteiger partial charge in [-0.15, -0.1) is 5.10 Å². The standard InChI is InChI=1S/C9H9FN4O/c1-14-8(5-12-13-14)9(15)7-3-2-6(10)4-11-7/h2-5,9,15H,1H3. The Bertz CT molecular complexity index is 453. The van der Waals surface area contributed by atoms with Gasteiger partial charge in [0.2, 0.25) is 0 Å². The van der Waals surface area contributed by atoms with Crippen LogP contribution in [-0.4, -0.2) is 25.1 Å². The van der Waals surface area contributed by atoms with E-state index in [4.69, 9.17) is 0 Å². The molecule has 0 aliphatic rings. The van der Waals surface area contributed by atoms with Gasteiger partial charge in [0, 0.05) is 7.05 Å². The molecule has 0 fully saturated rings. The van der Waals surface area contributed by atoms with Crippen molar-refractivity contribution in [3.05, 3.63) is 41.7 Å². The molecule has 0 aromatic carbocycles. The summed E-state index contributed by atoms with van der Waals surface area (Å²) in [5, 5.41) is 17.2. The van der Waals surface area contributed by atoms with Gasteiger partial charge in [-0.05, 0) is 12.1 Å². The van der Waals surface area contributed by atoms with Gasteiger partial charge in [-0.2, -0.15) is 0 Å². The Morgan fingerprint density at radius 1 is 1.40 bits per heavy atom. The van der Waals surface area contributed by atoms with Crippen molar-refractivity contribution in [1.82, 2.24) is 20.0 Å². The zero-order valence-corrected chi connectivity index (χ0v) is 8.00. The minimum Gasteiger partial charge on any atom is -0.380 e. The number of hydrogen-bond donors (Lipinski definition) is 1. The number of halogens is 1. The maximum absolute atomic E-state index is 12.6. The smallest absolute Gasteiger partial charge is 0.141 e. The lowest BCUT2D eigenvalue weighted by atomic mass is 10.2. The Hall–Kier alpha value is -1.82. The molecule has 0 aliphatic carbocycles. The lowest BCUT2D eigenvalue weighted by Gasteiger charge is -2.08. The van der Waals surface area contributed by atoms with Crippen molar-refractivity contribution in [3.8, 4) is 0 Å². The quantitative estimate of drug-likeness (QED) is 0.777. The minimum atomic E-state index is -0.939. The molecule has 2 heterocycles. The van der Waals surface area contributed by atoms with Gasteiger partial charge < -0.3 is 5.11 Å².